The van der Waals surface area contributed by atoms with Crippen molar-refractivity contribution >= 4 is 22.1 Å². The molecule has 5 rings (SSSR count). The Kier molecular flexibility index (Phi) is 3.47. The minimum Gasteiger partial charge on any atom is -0.346 e. The molecular formula is C20H18N6. The van der Waals surface area contributed by atoms with Crippen LogP contribution in [0, 0.1) is 11.3 Å². The Hall–Kier alpha value is -3.17. The quantitative estimate of drug-likeness (QED) is 0.620. The van der Waals surface area contributed by atoms with Gasteiger partial charge >= 0.3 is 0 Å². The molecule has 0 amide bonds. The van der Waals surface area contributed by atoms with Crippen LogP contribution in [-0.2, 0) is 6.54 Å². The number of aromatic nitrogens is 4. The van der Waals surface area contributed by atoms with Gasteiger partial charge in [-0.05, 0) is 30.2 Å². The monoisotopic (exact) mass is 342 g/mol. The van der Waals surface area contributed by atoms with E-state index in [1.807, 2.05) is 43.0 Å². The third-order valence-corrected chi connectivity index (χ3v) is 5.25. The van der Waals surface area contributed by atoms with Crippen LogP contribution in [0.2, 0.25) is 0 Å². The van der Waals surface area contributed by atoms with E-state index in [0.29, 0.717) is 11.6 Å². The summed E-state index contributed by atoms with van der Waals surface area (Å²) in [6.45, 7) is 2.97. The van der Waals surface area contributed by atoms with Gasteiger partial charge in [0.2, 0.25) is 0 Å². The van der Waals surface area contributed by atoms with Crippen molar-refractivity contribution in [1.82, 2.24) is 24.4 Å². The maximum atomic E-state index is 8.92. The molecule has 0 bridgehead atoms. The molecule has 0 saturated carbocycles. The molecule has 1 aliphatic heterocycles. The van der Waals surface area contributed by atoms with Crippen LogP contribution in [-0.4, -0.2) is 37.5 Å². The smallest absolute Gasteiger partial charge is 0.139 e. The van der Waals surface area contributed by atoms with Crippen LogP contribution < -0.4 is 0 Å². The van der Waals surface area contributed by atoms with E-state index < -0.39 is 0 Å². The van der Waals surface area contributed by atoms with Gasteiger partial charge in [-0.15, -0.1) is 0 Å². The first kappa shape index (κ1) is 15.1. The molecule has 1 N–H and O–H groups in total. The maximum Gasteiger partial charge on any atom is 0.139 e. The molecule has 6 nitrogen and oxygen atoms in total. The Balaban J connectivity index is 1.39. The highest BCUT2D eigenvalue weighted by Gasteiger charge is 2.25. The summed E-state index contributed by atoms with van der Waals surface area (Å²) in [5.74, 6) is 0. The van der Waals surface area contributed by atoms with Crippen molar-refractivity contribution in [2.45, 2.75) is 19.0 Å². The number of nitrogens with one attached hydrogen (secondary N) is 1. The van der Waals surface area contributed by atoms with Gasteiger partial charge in [-0.25, -0.2) is 9.97 Å². The van der Waals surface area contributed by atoms with Crippen LogP contribution >= 0.6 is 0 Å². The Morgan fingerprint density at radius 3 is 2.92 bits per heavy atom. The fraction of sp³-hybridized carbons (Fsp3) is 0.250. The molecule has 1 aromatic carbocycles. The van der Waals surface area contributed by atoms with Gasteiger partial charge < -0.3 is 9.55 Å². The van der Waals surface area contributed by atoms with Crippen molar-refractivity contribution in [3.05, 3.63) is 60.2 Å². The summed E-state index contributed by atoms with van der Waals surface area (Å²) >= 11 is 0. The average Bonchev–Trinajstić information content (AvgIpc) is 3.40. The third-order valence-electron chi connectivity index (χ3n) is 5.25. The van der Waals surface area contributed by atoms with Gasteiger partial charge in [0.1, 0.15) is 11.2 Å². The van der Waals surface area contributed by atoms with Gasteiger partial charge in [0.05, 0.1) is 29.7 Å². The fourth-order valence-corrected chi connectivity index (χ4v) is 3.93. The lowest BCUT2D eigenvalue weighted by atomic mass is 10.1. The molecule has 4 heterocycles. The second kappa shape index (κ2) is 5.97. The van der Waals surface area contributed by atoms with Crippen molar-refractivity contribution in [2.75, 3.05) is 13.1 Å². The van der Waals surface area contributed by atoms with Crippen LogP contribution in [0.25, 0.3) is 22.1 Å². The number of rotatable bonds is 3. The molecule has 1 saturated heterocycles. The van der Waals surface area contributed by atoms with Gasteiger partial charge in [-0.1, -0.05) is 12.1 Å². The molecule has 26 heavy (non-hydrogen) atoms. The highest BCUT2D eigenvalue weighted by atomic mass is 15.2. The van der Waals surface area contributed by atoms with E-state index in [-0.39, 0.29) is 0 Å². The normalized spacial score (nSPS) is 17.9. The summed E-state index contributed by atoms with van der Waals surface area (Å²) in [6.07, 6.45) is 6.83. The first-order chi connectivity index (χ1) is 12.8. The molecule has 0 aliphatic carbocycles. The van der Waals surface area contributed by atoms with Crippen molar-refractivity contribution in [3.63, 3.8) is 0 Å². The molecule has 0 unspecified atom stereocenters. The summed E-state index contributed by atoms with van der Waals surface area (Å²) in [5.41, 5.74) is 4.98. The summed E-state index contributed by atoms with van der Waals surface area (Å²) in [4.78, 5) is 14.6. The first-order valence-corrected chi connectivity index (χ1v) is 8.82. The molecule has 0 spiro atoms. The van der Waals surface area contributed by atoms with Crippen molar-refractivity contribution in [2.24, 2.45) is 0 Å². The number of aromatic amines is 1. The second-order valence-electron chi connectivity index (χ2n) is 6.87. The van der Waals surface area contributed by atoms with Crippen LogP contribution in [0.3, 0.4) is 0 Å². The predicted octanol–water partition coefficient (Wildman–Crippen LogP) is 3.23. The molecule has 4 aromatic rings. The van der Waals surface area contributed by atoms with Crippen LogP contribution in [0.1, 0.15) is 23.6 Å². The van der Waals surface area contributed by atoms with Crippen molar-refractivity contribution < 1.29 is 0 Å². The third kappa shape index (κ3) is 2.45. The van der Waals surface area contributed by atoms with E-state index in [0.717, 1.165) is 42.6 Å². The van der Waals surface area contributed by atoms with Gasteiger partial charge in [-0.3, -0.25) is 4.90 Å². The summed E-state index contributed by atoms with van der Waals surface area (Å²) in [5, 5.41) is 10.1. The standard InChI is InChI=1S/C20H18N6/c21-9-14-1-3-15(4-2-14)11-25-8-6-16(12-25)26-13-24-18-10-23-20-17(19(18)26)5-7-22-20/h1-5,7,10,13,16H,6,8,11-12H2,(H,22,23)/t16-/m1/s1. The van der Waals surface area contributed by atoms with Crippen LogP contribution in [0.4, 0.5) is 0 Å². The zero-order valence-electron chi connectivity index (χ0n) is 14.3. The number of nitrogens with zero attached hydrogens (tertiary/aromatic N) is 5. The Bertz CT molecular complexity index is 1110. The van der Waals surface area contributed by atoms with E-state index in [2.05, 4.69) is 36.6 Å². The van der Waals surface area contributed by atoms with Crippen LogP contribution in [0.15, 0.2) is 49.1 Å². The van der Waals surface area contributed by atoms with Gasteiger partial charge in [0, 0.05) is 37.3 Å². The largest absolute Gasteiger partial charge is 0.346 e. The SMILES string of the molecule is N#Cc1ccc(CN2CC[C@@H](n3cnc4cnc5[nH]ccc5c43)C2)cc1. The molecule has 128 valence electrons. The van der Waals surface area contributed by atoms with E-state index >= 15 is 0 Å². The molecule has 0 radical (unpaired) electrons. The minimum atomic E-state index is 0.416. The van der Waals surface area contributed by atoms with Gasteiger partial charge in [0.25, 0.3) is 0 Å². The summed E-state index contributed by atoms with van der Waals surface area (Å²) in [6, 6.07) is 12.5. The van der Waals surface area contributed by atoms with Crippen molar-refractivity contribution in [1.29, 1.82) is 5.26 Å². The predicted molar refractivity (Wildman–Crippen MR) is 99.5 cm³/mol. The van der Waals surface area contributed by atoms with E-state index in [1.165, 1.54) is 11.1 Å². The lowest BCUT2D eigenvalue weighted by Crippen LogP contribution is -2.21. The molecule has 1 aliphatic rings. The minimum absolute atomic E-state index is 0.416. The number of pyridine rings is 1. The number of likely N-dealkylation sites (tertiary alicyclic amines) is 1. The molecule has 1 atom stereocenters. The average molecular weight is 342 g/mol. The summed E-state index contributed by atoms with van der Waals surface area (Å²) < 4.78 is 2.31. The lowest BCUT2D eigenvalue weighted by molar-refractivity contribution is 0.317. The molecular weight excluding hydrogens is 324 g/mol. The number of fused-ring (bicyclic) bond motifs is 3. The number of hydrogen-bond donors (Lipinski definition) is 1. The number of imidazole rings is 1. The number of benzene rings is 1. The summed E-state index contributed by atoms with van der Waals surface area (Å²) in [7, 11) is 0. The number of nitriles is 1. The lowest BCUT2D eigenvalue weighted by Gasteiger charge is -2.17. The van der Waals surface area contributed by atoms with E-state index in [4.69, 9.17) is 5.26 Å². The highest BCUT2D eigenvalue weighted by Crippen LogP contribution is 2.30. The molecule has 6 heteroatoms. The number of hydrogen-bond acceptors (Lipinski definition) is 4. The van der Waals surface area contributed by atoms with Crippen LogP contribution in [0.5, 0.6) is 0 Å². The second-order valence-corrected chi connectivity index (χ2v) is 6.87. The van der Waals surface area contributed by atoms with Gasteiger partial charge in [-0.2, -0.15) is 5.26 Å². The zero-order valence-corrected chi connectivity index (χ0v) is 14.3. The molecule has 1 fully saturated rings. The Morgan fingerprint density at radius 2 is 2.08 bits per heavy atom. The van der Waals surface area contributed by atoms with E-state index in [1.54, 1.807) is 0 Å². The van der Waals surface area contributed by atoms with Gasteiger partial charge in [0.15, 0.2) is 0 Å². The maximum absolute atomic E-state index is 8.92. The zero-order chi connectivity index (χ0) is 17.5. The fourth-order valence-electron chi connectivity index (χ4n) is 3.93. The van der Waals surface area contributed by atoms with Crippen molar-refractivity contribution in [3.8, 4) is 6.07 Å². The molecule has 3 aromatic heterocycles. The Morgan fingerprint density at radius 1 is 1.19 bits per heavy atom. The highest BCUT2D eigenvalue weighted by molar-refractivity contribution is 6.00. The number of H-pyrrole nitrogens is 1. The van der Waals surface area contributed by atoms with E-state index in [9.17, 15) is 0 Å². The Labute approximate surface area is 150 Å². The topological polar surface area (TPSA) is 73.5 Å². The first-order valence-electron chi connectivity index (χ1n) is 8.82.